The van der Waals surface area contributed by atoms with Gasteiger partial charge in [-0.1, -0.05) is 32.8 Å². The lowest BCUT2D eigenvalue weighted by atomic mass is 10.0. The number of nitrogens with one attached hydrogen (secondary N) is 1. The molecule has 0 aliphatic carbocycles. The molecule has 0 saturated carbocycles. The van der Waals surface area contributed by atoms with E-state index in [9.17, 15) is 13.2 Å². The number of carbonyl (C=O) groups excluding carboxylic acids is 1. The highest BCUT2D eigenvalue weighted by molar-refractivity contribution is 7.92. The van der Waals surface area contributed by atoms with Crippen LogP contribution in [0.25, 0.3) is 0 Å². The lowest BCUT2D eigenvalue weighted by Crippen LogP contribution is -2.35. The summed E-state index contributed by atoms with van der Waals surface area (Å²) >= 11 is 0. The first-order chi connectivity index (χ1) is 10.7. The third kappa shape index (κ3) is 5.86. The number of sulfonamides is 1. The quantitative estimate of drug-likeness (QED) is 0.790. The average Bonchev–Trinajstić information content (AvgIpc) is 2.49. The van der Waals surface area contributed by atoms with E-state index in [2.05, 4.69) is 18.6 Å². The van der Waals surface area contributed by atoms with Crippen molar-refractivity contribution in [2.45, 2.75) is 40.5 Å². The van der Waals surface area contributed by atoms with Crippen LogP contribution in [0.15, 0.2) is 18.2 Å². The van der Waals surface area contributed by atoms with E-state index in [0.717, 1.165) is 31.2 Å². The maximum atomic E-state index is 12.7. The van der Waals surface area contributed by atoms with Gasteiger partial charge in [0, 0.05) is 18.7 Å². The zero-order chi connectivity index (χ0) is 17.6. The van der Waals surface area contributed by atoms with Crippen LogP contribution in [0, 0.1) is 12.8 Å². The summed E-state index contributed by atoms with van der Waals surface area (Å²) in [4.78, 5) is 14.5. The first kappa shape index (κ1) is 19.5. The van der Waals surface area contributed by atoms with E-state index in [-0.39, 0.29) is 5.91 Å². The zero-order valence-electron chi connectivity index (χ0n) is 14.7. The minimum atomic E-state index is -3.37. The van der Waals surface area contributed by atoms with Crippen LogP contribution in [0.5, 0.6) is 0 Å². The monoisotopic (exact) mass is 340 g/mol. The molecule has 0 atom stereocenters. The van der Waals surface area contributed by atoms with Gasteiger partial charge < -0.3 is 4.90 Å². The SMILES string of the molecule is CCC(CC)CN(CC)C(=O)c1ccc(C)c(NS(C)(=O)=O)c1. The molecule has 1 amide bonds. The second-order valence-corrected chi connectivity index (χ2v) is 7.68. The van der Waals surface area contributed by atoms with Gasteiger partial charge in [0.15, 0.2) is 0 Å². The summed E-state index contributed by atoms with van der Waals surface area (Å²) in [5, 5.41) is 0. The Hall–Kier alpha value is -1.56. The standard InChI is InChI=1S/C17H28N2O3S/c1-6-14(7-2)12-19(8-3)17(20)15-10-9-13(4)16(11-15)18-23(5,21)22/h9-11,14,18H,6-8,12H2,1-5H3. The lowest BCUT2D eigenvalue weighted by molar-refractivity contribution is 0.0735. The second-order valence-electron chi connectivity index (χ2n) is 5.93. The number of carbonyl (C=O) groups is 1. The average molecular weight is 340 g/mol. The summed E-state index contributed by atoms with van der Waals surface area (Å²) in [6.45, 7) is 9.40. The van der Waals surface area contributed by atoms with E-state index in [4.69, 9.17) is 0 Å². The molecule has 1 aromatic carbocycles. The summed E-state index contributed by atoms with van der Waals surface area (Å²) in [5.41, 5.74) is 1.75. The van der Waals surface area contributed by atoms with Crippen molar-refractivity contribution in [3.05, 3.63) is 29.3 Å². The topological polar surface area (TPSA) is 66.5 Å². The summed E-state index contributed by atoms with van der Waals surface area (Å²) < 4.78 is 25.3. The van der Waals surface area contributed by atoms with E-state index < -0.39 is 10.0 Å². The first-order valence-electron chi connectivity index (χ1n) is 8.09. The number of benzene rings is 1. The highest BCUT2D eigenvalue weighted by Gasteiger charge is 2.18. The summed E-state index contributed by atoms with van der Waals surface area (Å²) in [7, 11) is -3.37. The van der Waals surface area contributed by atoms with Crippen LogP contribution in [0.4, 0.5) is 5.69 Å². The van der Waals surface area contributed by atoms with Crippen molar-refractivity contribution in [2.24, 2.45) is 5.92 Å². The number of nitrogens with zero attached hydrogens (tertiary/aromatic N) is 1. The predicted octanol–water partition coefficient (Wildman–Crippen LogP) is 3.26. The van der Waals surface area contributed by atoms with Gasteiger partial charge in [-0.2, -0.15) is 0 Å². The summed E-state index contributed by atoms with van der Waals surface area (Å²) in [5.74, 6) is 0.425. The van der Waals surface area contributed by atoms with Crippen molar-refractivity contribution in [3.63, 3.8) is 0 Å². The molecule has 0 radical (unpaired) electrons. The number of aryl methyl sites for hydroxylation is 1. The summed E-state index contributed by atoms with van der Waals surface area (Å²) in [6, 6.07) is 5.14. The van der Waals surface area contributed by atoms with Crippen molar-refractivity contribution >= 4 is 21.6 Å². The number of rotatable bonds is 8. The molecule has 1 rings (SSSR count). The fourth-order valence-electron chi connectivity index (χ4n) is 2.46. The Balaban J connectivity index is 3.04. The van der Waals surface area contributed by atoms with Gasteiger partial charge in [0.1, 0.15) is 0 Å². The molecule has 0 saturated heterocycles. The molecule has 0 spiro atoms. The molecule has 1 aromatic rings. The van der Waals surface area contributed by atoms with E-state index in [0.29, 0.717) is 23.7 Å². The third-order valence-corrected chi connectivity index (χ3v) is 4.67. The number of hydrogen-bond acceptors (Lipinski definition) is 3. The Kier molecular flexibility index (Phi) is 7.06. The van der Waals surface area contributed by atoms with Crippen molar-refractivity contribution < 1.29 is 13.2 Å². The molecular formula is C17H28N2O3S. The maximum absolute atomic E-state index is 12.7. The molecule has 0 aliphatic rings. The fourth-order valence-corrected chi connectivity index (χ4v) is 3.08. The van der Waals surface area contributed by atoms with Crippen molar-refractivity contribution in [3.8, 4) is 0 Å². The smallest absolute Gasteiger partial charge is 0.253 e. The van der Waals surface area contributed by atoms with Gasteiger partial charge >= 0.3 is 0 Å². The van der Waals surface area contributed by atoms with Gasteiger partial charge in [0.2, 0.25) is 10.0 Å². The minimum absolute atomic E-state index is 0.0593. The van der Waals surface area contributed by atoms with Gasteiger partial charge in [-0.3, -0.25) is 9.52 Å². The van der Waals surface area contributed by atoms with Gasteiger partial charge in [0.25, 0.3) is 5.91 Å². The van der Waals surface area contributed by atoms with E-state index >= 15 is 0 Å². The molecule has 1 N–H and O–H groups in total. The van der Waals surface area contributed by atoms with Gasteiger partial charge in [-0.05, 0) is 37.5 Å². The van der Waals surface area contributed by atoms with Gasteiger partial charge in [0.05, 0.1) is 11.9 Å². The van der Waals surface area contributed by atoms with E-state index in [1.54, 1.807) is 18.2 Å². The molecule has 0 aromatic heterocycles. The van der Waals surface area contributed by atoms with Crippen molar-refractivity contribution in [2.75, 3.05) is 24.1 Å². The molecule has 0 unspecified atom stereocenters. The Bertz CT molecular complexity index is 637. The highest BCUT2D eigenvalue weighted by Crippen LogP contribution is 2.20. The van der Waals surface area contributed by atoms with Crippen LogP contribution in [0.2, 0.25) is 0 Å². The normalized spacial score (nSPS) is 11.6. The Labute approximate surface area is 140 Å². The van der Waals surface area contributed by atoms with Crippen LogP contribution < -0.4 is 4.72 Å². The van der Waals surface area contributed by atoms with Gasteiger partial charge in [-0.15, -0.1) is 0 Å². The number of anilines is 1. The molecule has 0 fully saturated rings. The van der Waals surface area contributed by atoms with E-state index in [1.165, 1.54) is 0 Å². The van der Waals surface area contributed by atoms with Crippen molar-refractivity contribution in [1.82, 2.24) is 4.90 Å². The number of hydrogen-bond donors (Lipinski definition) is 1. The van der Waals surface area contributed by atoms with Crippen LogP contribution in [-0.4, -0.2) is 38.6 Å². The first-order valence-corrected chi connectivity index (χ1v) is 9.98. The fraction of sp³-hybridized carbons (Fsp3) is 0.588. The van der Waals surface area contributed by atoms with Crippen molar-refractivity contribution in [1.29, 1.82) is 0 Å². The molecule has 0 aliphatic heterocycles. The molecular weight excluding hydrogens is 312 g/mol. The predicted molar refractivity (Wildman–Crippen MR) is 95.3 cm³/mol. The highest BCUT2D eigenvalue weighted by atomic mass is 32.2. The molecule has 23 heavy (non-hydrogen) atoms. The van der Waals surface area contributed by atoms with Crippen LogP contribution in [-0.2, 0) is 10.0 Å². The second kappa shape index (κ2) is 8.34. The third-order valence-electron chi connectivity index (χ3n) is 4.08. The van der Waals surface area contributed by atoms with Crippen LogP contribution in [0.3, 0.4) is 0 Å². The Morgan fingerprint density at radius 3 is 2.30 bits per heavy atom. The minimum Gasteiger partial charge on any atom is -0.339 e. The Morgan fingerprint density at radius 2 is 1.83 bits per heavy atom. The van der Waals surface area contributed by atoms with E-state index in [1.807, 2.05) is 18.7 Å². The zero-order valence-corrected chi connectivity index (χ0v) is 15.5. The van der Waals surface area contributed by atoms with Gasteiger partial charge in [-0.25, -0.2) is 8.42 Å². The molecule has 0 heterocycles. The van der Waals surface area contributed by atoms with Crippen LogP contribution in [0.1, 0.15) is 49.5 Å². The summed E-state index contributed by atoms with van der Waals surface area (Å²) in [6.07, 6.45) is 3.18. The molecule has 6 heteroatoms. The molecule has 130 valence electrons. The Morgan fingerprint density at radius 1 is 1.22 bits per heavy atom. The number of amides is 1. The van der Waals surface area contributed by atoms with Crippen LogP contribution >= 0.6 is 0 Å². The molecule has 5 nitrogen and oxygen atoms in total. The lowest BCUT2D eigenvalue weighted by Gasteiger charge is -2.26. The largest absolute Gasteiger partial charge is 0.339 e. The maximum Gasteiger partial charge on any atom is 0.253 e. The molecule has 0 bridgehead atoms.